The molecule has 1 radical (unpaired) electrons. The van der Waals surface area contributed by atoms with Crippen molar-refractivity contribution in [1.29, 1.82) is 0 Å². The molecule has 0 saturated carbocycles. The topological polar surface area (TPSA) is 28.5 Å². The van der Waals surface area contributed by atoms with Crippen LogP contribution in [-0.4, -0.2) is 23.9 Å². The Morgan fingerprint density at radius 3 is 2.39 bits per heavy atom. The molecular weight excluding hydrogens is 643 g/mol. The van der Waals surface area contributed by atoms with Gasteiger partial charge in [0.25, 0.3) is 0 Å². The summed E-state index contributed by atoms with van der Waals surface area (Å²) in [6.45, 7) is 4.17. The van der Waals surface area contributed by atoms with Crippen LogP contribution in [0.25, 0.3) is 22.4 Å². The van der Waals surface area contributed by atoms with Crippen LogP contribution in [0.15, 0.2) is 114 Å². The molecule has 3 nitrogen and oxygen atoms in total. The van der Waals surface area contributed by atoms with Crippen LogP contribution in [-0.2, 0) is 25.5 Å². The van der Waals surface area contributed by atoms with E-state index in [9.17, 15) is 0 Å². The van der Waals surface area contributed by atoms with Crippen molar-refractivity contribution in [2.45, 2.75) is 12.3 Å². The number of benzene rings is 4. The van der Waals surface area contributed by atoms with Crippen molar-refractivity contribution in [3.05, 3.63) is 144 Å². The van der Waals surface area contributed by atoms with Crippen molar-refractivity contribution >= 4 is 11.5 Å². The minimum absolute atomic E-state index is 0. The zero-order chi connectivity index (χ0) is 24.8. The Balaban J connectivity index is 0.000000172. The number of nitrogens with zero attached hydrogens (tertiary/aromatic N) is 3. The first-order chi connectivity index (χ1) is 18.3. The van der Waals surface area contributed by atoms with Crippen LogP contribution in [0.1, 0.15) is 29.2 Å². The van der Waals surface area contributed by atoms with E-state index in [1.165, 1.54) is 33.5 Å². The normalized spacial score (nSPS) is 17.4. The average molecular weight is 668 g/mol. The Morgan fingerprint density at radius 1 is 0.763 bits per heavy atom. The van der Waals surface area contributed by atoms with Crippen molar-refractivity contribution in [3.63, 3.8) is 0 Å². The molecule has 2 aliphatic heterocycles. The molecule has 187 valence electrons. The van der Waals surface area contributed by atoms with E-state index in [-0.39, 0.29) is 25.5 Å². The van der Waals surface area contributed by atoms with E-state index in [1.54, 1.807) is 6.20 Å². The SMILES string of the molecule is CC12c3ccc[c-]c3C3=NCCN3c3cccc(c31)-c1ccccc12.[Ir].[c-]1ccccc1-c1ccccn1. The van der Waals surface area contributed by atoms with E-state index < -0.39 is 0 Å². The Hall–Kier alpha value is -3.85. The summed E-state index contributed by atoms with van der Waals surface area (Å²) in [5.41, 5.74) is 11.1. The maximum atomic E-state index is 4.84. The zero-order valence-corrected chi connectivity index (χ0v) is 23.4. The van der Waals surface area contributed by atoms with Crippen LogP contribution in [0.5, 0.6) is 0 Å². The van der Waals surface area contributed by atoms with Crippen molar-refractivity contribution < 1.29 is 20.1 Å². The predicted molar refractivity (Wildman–Crippen MR) is 150 cm³/mol. The molecule has 3 aliphatic rings. The van der Waals surface area contributed by atoms with Gasteiger partial charge in [0.2, 0.25) is 0 Å². The fraction of sp³-hybridized carbons (Fsp3) is 0.118. The van der Waals surface area contributed by atoms with Crippen molar-refractivity contribution in [2.24, 2.45) is 4.99 Å². The minimum atomic E-state index is -0.164. The van der Waals surface area contributed by atoms with Crippen molar-refractivity contribution in [3.8, 4) is 22.4 Å². The van der Waals surface area contributed by atoms with Crippen LogP contribution in [0.2, 0.25) is 0 Å². The maximum absolute atomic E-state index is 4.84. The number of hydrogen-bond donors (Lipinski definition) is 0. The summed E-state index contributed by atoms with van der Waals surface area (Å²) in [6, 6.07) is 42.3. The van der Waals surface area contributed by atoms with Gasteiger partial charge in [0, 0.05) is 50.5 Å². The molecule has 5 aromatic rings. The summed E-state index contributed by atoms with van der Waals surface area (Å²) in [6.07, 6.45) is 1.79. The van der Waals surface area contributed by atoms with E-state index in [0.717, 1.165) is 35.7 Å². The van der Waals surface area contributed by atoms with Gasteiger partial charge in [0.1, 0.15) is 0 Å². The van der Waals surface area contributed by atoms with Crippen LogP contribution in [0.4, 0.5) is 5.69 Å². The van der Waals surface area contributed by atoms with Gasteiger partial charge in [-0.2, -0.15) is 0 Å². The summed E-state index contributed by atoms with van der Waals surface area (Å²) in [7, 11) is 0. The summed E-state index contributed by atoms with van der Waals surface area (Å²) in [4.78, 5) is 11.5. The number of fused-ring (bicyclic) bond motifs is 8. The first-order valence-electron chi connectivity index (χ1n) is 12.7. The van der Waals surface area contributed by atoms with Crippen LogP contribution in [0, 0.1) is 12.1 Å². The third-order valence-electron chi connectivity index (χ3n) is 7.70. The molecule has 0 N–H and O–H groups in total. The molecule has 1 aromatic heterocycles. The summed E-state index contributed by atoms with van der Waals surface area (Å²) < 4.78 is 0. The number of aromatic nitrogens is 1. The number of anilines is 1. The Labute approximate surface area is 237 Å². The molecule has 3 heterocycles. The number of hydrogen-bond acceptors (Lipinski definition) is 3. The monoisotopic (exact) mass is 668 g/mol. The molecule has 8 rings (SSSR count). The third kappa shape index (κ3) is 3.67. The van der Waals surface area contributed by atoms with Gasteiger partial charge < -0.3 is 14.9 Å². The second-order valence-electron chi connectivity index (χ2n) is 9.68. The molecule has 1 unspecified atom stereocenters. The molecule has 1 aliphatic carbocycles. The van der Waals surface area contributed by atoms with Gasteiger partial charge in [-0.1, -0.05) is 55.5 Å². The van der Waals surface area contributed by atoms with Crippen LogP contribution >= 0.6 is 0 Å². The second kappa shape index (κ2) is 9.79. The molecule has 0 bridgehead atoms. The standard InChI is InChI=1S/C23H17N2.C11H8N.Ir/c1-23-18-10-4-2-7-15(18)16-9-6-12-20(21(16)23)25-14-13-24-22(25)17-8-3-5-11-19(17)23;1-2-6-10(7-3-1)11-8-4-5-9-12-11;/h2-7,9-12H,13-14H2,1H3;1-6,8-9H;/q2*-1;. The van der Waals surface area contributed by atoms with Gasteiger partial charge in [0.15, 0.2) is 0 Å². The van der Waals surface area contributed by atoms with E-state index in [4.69, 9.17) is 4.99 Å². The van der Waals surface area contributed by atoms with E-state index in [1.807, 2.05) is 48.5 Å². The first kappa shape index (κ1) is 24.5. The Kier molecular flexibility index (Phi) is 6.31. The van der Waals surface area contributed by atoms with E-state index in [0.29, 0.717) is 0 Å². The molecule has 4 aromatic carbocycles. The third-order valence-corrected chi connectivity index (χ3v) is 7.70. The van der Waals surface area contributed by atoms with Gasteiger partial charge in [0.05, 0.1) is 5.84 Å². The minimum Gasteiger partial charge on any atom is -0.364 e. The van der Waals surface area contributed by atoms with Gasteiger partial charge in [-0.05, 0) is 40.1 Å². The molecule has 4 heteroatoms. The van der Waals surface area contributed by atoms with Gasteiger partial charge in [-0.3, -0.25) is 0 Å². The average Bonchev–Trinajstić information content (AvgIpc) is 3.55. The Bertz CT molecular complexity index is 1610. The van der Waals surface area contributed by atoms with Gasteiger partial charge in [-0.15, -0.1) is 71.3 Å². The summed E-state index contributed by atoms with van der Waals surface area (Å²) >= 11 is 0. The quantitative estimate of drug-likeness (QED) is 0.181. The largest absolute Gasteiger partial charge is 0.364 e. The molecule has 1 atom stereocenters. The summed E-state index contributed by atoms with van der Waals surface area (Å²) in [5.74, 6) is 1.08. The maximum Gasteiger partial charge on any atom is 0.0514 e. The molecule has 0 fully saturated rings. The van der Waals surface area contributed by atoms with Gasteiger partial charge in [-0.25, -0.2) is 0 Å². The number of aliphatic imine (C=N–C) groups is 1. The van der Waals surface area contributed by atoms with Crippen LogP contribution < -0.4 is 4.90 Å². The smallest absolute Gasteiger partial charge is 0.0514 e. The fourth-order valence-corrected chi connectivity index (χ4v) is 6.09. The van der Waals surface area contributed by atoms with Crippen molar-refractivity contribution in [1.82, 2.24) is 4.98 Å². The Morgan fingerprint density at radius 2 is 1.55 bits per heavy atom. The first-order valence-corrected chi connectivity index (χ1v) is 12.7. The van der Waals surface area contributed by atoms with Gasteiger partial charge >= 0.3 is 0 Å². The van der Waals surface area contributed by atoms with E-state index in [2.05, 4.69) is 83.5 Å². The fourth-order valence-electron chi connectivity index (χ4n) is 6.09. The van der Waals surface area contributed by atoms with E-state index >= 15 is 0 Å². The predicted octanol–water partition coefficient (Wildman–Crippen LogP) is 6.95. The summed E-state index contributed by atoms with van der Waals surface area (Å²) in [5, 5.41) is 0. The van der Waals surface area contributed by atoms with Crippen molar-refractivity contribution in [2.75, 3.05) is 18.0 Å². The number of amidine groups is 1. The molecule has 0 spiro atoms. The zero-order valence-electron chi connectivity index (χ0n) is 21.0. The number of pyridine rings is 1. The molecule has 0 amide bonds. The number of rotatable bonds is 1. The second-order valence-corrected chi connectivity index (χ2v) is 9.68. The molecular formula is C34H25IrN3-2. The van der Waals surface area contributed by atoms with Crippen LogP contribution in [0.3, 0.4) is 0 Å². The molecule has 0 saturated heterocycles. The molecule has 38 heavy (non-hydrogen) atoms.